The van der Waals surface area contributed by atoms with Crippen molar-refractivity contribution >= 4 is 28.7 Å². The van der Waals surface area contributed by atoms with Gasteiger partial charge in [-0.2, -0.15) is 0 Å². The molecule has 0 saturated carbocycles. The molecule has 4 heteroatoms. The number of benzene rings is 1. The van der Waals surface area contributed by atoms with Crippen LogP contribution in [0, 0.1) is 5.92 Å². The fraction of sp³-hybridized carbons (Fsp3) is 0.214. The Morgan fingerprint density at radius 2 is 1.94 bits per heavy atom. The molecule has 18 heavy (non-hydrogen) atoms. The molecule has 0 aliphatic carbocycles. The molecular weight excluding hydrogens is 266 g/mol. The Kier molecular flexibility index (Phi) is 4.17. The minimum atomic E-state index is -0.308. The van der Waals surface area contributed by atoms with Gasteiger partial charge < -0.3 is 5.73 Å². The molecule has 0 aliphatic rings. The zero-order chi connectivity index (χ0) is 13.1. The first-order valence-electron chi connectivity index (χ1n) is 5.69. The number of hydrogen-bond acceptors (Lipinski definition) is 3. The van der Waals surface area contributed by atoms with Gasteiger partial charge in [0.2, 0.25) is 0 Å². The van der Waals surface area contributed by atoms with Crippen molar-refractivity contribution in [1.29, 1.82) is 0 Å². The van der Waals surface area contributed by atoms with Gasteiger partial charge in [-0.25, -0.2) is 0 Å². The fourth-order valence-corrected chi connectivity index (χ4v) is 2.99. The van der Waals surface area contributed by atoms with Crippen LogP contribution >= 0.6 is 22.9 Å². The number of ketones is 1. The van der Waals surface area contributed by atoms with Gasteiger partial charge in [-0.3, -0.25) is 4.79 Å². The largest absolute Gasteiger partial charge is 0.323 e. The molecule has 2 unspecified atom stereocenters. The van der Waals surface area contributed by atoms with Crippen molar-refractivity contribution in [3.05, 3.63) is 57.2 Å². The van der Waals surface area contributed by atoms with Crippen molar-refractivity contribution in [3.63, 3.8) is 0 Å². The molecule has 0 fully saturated rings. The highest BCUT2D eigenvalue weighted by atomic mass is 35.5. The number of carbonyl (C=O) groups excluding carboxylic acids is 1. The van der Waals surface area contributed by atoms with Gasteiger partial charge in [0, 0.05) is 12.0 Å². The van der Waals surface area contributed by atoms with Crippen LogP contribution in [0.4, 0.5) is 0 Å². The van der Waals surface area contributed by atoms with Crippen LogP contribution in [0.3, 0.4) is 0 Å². The summed E-state index contributed by atoms with van der Waals surface area (Å²) in [5.41, 5.74) is 7.10. The van der Waals surface area contributed by atoms with E-state index in [1.165, 1.54) is 11.3 Å². The van der Waals surface area contributed by atoms with Gasteiger partial charge in [0.25, 0.3) is 0 Å². The molecule has 2 nitrogen and oxygen atoms in total. The number of Topliss-reactive ketones (excluding diaryl/α,β-unsaturated/α-hetero) is 1. The molecule has 94 valence electrons. The summed E-state index contributed by atoms with van der Waals surface area (Å²) in [6.45, 7) is 1.84. The van der Waals surface area contributed by atoms with Gasteiger partial charge in [-0.15, -0.1) is 11.3 Å². The molecule has 0 amide bonds. The zero-order valence-electron chi connectivity index (χ0n) is 9.97. The van der Waals surface area contributed by atoms with Crippen molar-refractivity contribution in [2.45, 2.75) is 13.0 Å². The van der Waals surface area contributed by atoms with E-state index in [-0.39, 0.29) is 17.7 Å². The predicted molar refractivity (Wildman–Crippen MR) is 76.2 cm³/mol. The Labute approximate surface area is 115 Å². The van der Waals surface area contributed by atoms with Gasteiger partial charge >= 0.3 is 0 Å². The SMILES string of the molecule is CC(C(=O)c1sccc1Cl)C(N)c1ccccc1. The molecule has 2 N–H and O–H groups in total. The van der Waals surface area contributed by atoms with Gasteiger partial charge in [-0.1, -0.05) is 48.9 Å². The number of nitrogens with two attached hydrogens (primary N) is 1. The molecule has 0 bridgehead atoms. The van der Waals surface area contributed by atoms with E-state index in [0.29, 0.717) is 9.90 Å². The second-order valence-corrected chi connectivity index (χ2v) is 5.51. The molecule has 2 atom stereocenters. The second-order valence-electron chi connectivity index (χ2n) is 4.19. The second kappa shape index (κ2) is 5.65. The van der Waals surface area contributed by atoms with Crippen molar-refractivity contribution < 1.29 is 4.79 Å². The predicted octanol–water partition coefficient (Wildman–Crippen LogP) is 3.92. The number of thiophene rings is 1. The summed E-state index contributed by atoms with van der Waals surface area (Å²) in [5.74, 6) is -0.282. The van der Waals surface area contributed by atoms with E-state index in [9.17, 15) is 4.79 Å². The highest BCUT2D eigenvalue weighted by molar-refractivity contribution is 7.12. The van der Waals surface area contributed by atoms with Crippen LogP contribution < -0.4 is 5.73 Å². The van der Waals surface area contributed by atoms with Crippen LogP contribution in [0.25, 0.3) is 0 Å². The lowest BCUT2D eigenvalue weighted by molar-refractivity contribution is 0.0917. The summed E-state index contributed by atoms with van der Waals surface area (Å²) in [6, 6.07) is 11.1. The molecular formula is C14H14ClNOS. The Balaban J connectivity index is 2.20. The van der Waals surface area contributed by atoms with E-state index >= 15 is 0 Å². The van der Waals surface area contributed by atoms with Crippen molar-refractivity contribution in [3.8, 4) is 0 Å². The lowest BCUT2D eigenvalue weighted by Crippen LogP contribution is -2.25. The van der Waals surface area contributed by atoms with E-state index in [0.717, 1.165) is 5.56 Å². The molecule has 2 aromatic rings. The number of carbonyl (C=O) groups is 1. The molecule has 1 heterocycles. The summed E-state index contributed by atoms with van der Waals surface area (Å²) in [6.07, 6.45) is 0. The van der Waals surface area contributed by atoms with Crippen LogP contribution in [-0.4, -0.2) is 5.78 Å². The standard InChI is InChI=1S/C14H14ClNOS/c1-9(12(16)10-5-3-2-4-6-10)13(17)14-11(15)7-8-18-14/h2-9,12H,16H2,1H3. The number of halogens is 1. The number of hydrogen-bond donors (Lipinski definition) is 1. The zero-order valence-corrected chi connectivity index (χ0v) is 11.5. The molecule has 0 saturated heterocycles. The third-order valence-electron chi connectivity index (χ3n) is 2.98. The summed E-state index contributed by atoms with van der Waals surface area (Å²) in [4.78, 5) is 12.9. The van der Waals surface area contributed by atoms with Crippen molar-refractivity contribution in [2.75, 3.05) is 0 Å². The van der Waals surface area contributed by atoms with Gasteiger partial charge in [0.1, 0.15) is 0 Å². The first-order valence-corrected chi connectivity index (χ1v) is 6.94. The third kappa shape index (κ3) is 2.64. The van der Waals surface area contributed by atoms with E-state index in [1.807, 2.05) is 42.6 Å². The first-order chi connectivity index (χ1) is 8.61. The van der Waals surface area contributed by atoms with E-state index in [4.69, 9.17) is 17.3 Å². The van der Waals surface area contributed by atoms with Crippen LogP contribution in [0.15, 0.2) is 41.8 Å². The normalized spacial score (nSPS) is 14.2. The Hall–Kier alpha value is -1.16. The third-order valence-corrected chi connectivity index (χ3v) is 4.33. The molecule has 0 aliphatic heterocycles. The van der Waals surface area contributed by atoms with Crippen molar-refractivity contribution in [1.82, 2.24) is 0 Å². The highest BCUT2D eigenvalue weighted by Crippen LogP contribution is 2.29. The lowest BCUT2D eigenvalue weighted by atomic mass is 9.91. The maximum Gasteiger partial charge on any atom is 0.178 e. The monoisotopic (exact) mass is 279 g/mol. The molecule has 2 rings (SSSR count). The van der Waals surface area contributed by atoms with Crippen molar-refractivity contribution in [2.24, 2.45) is 11.7 Å². The average Bonchev–Trinajstić information content (AvgIpc) is 2.83. The Morgan fingerprint density at radius 3 is 2.50 bits per heavy atom. The van der Waals surface area contributed by atoms with E-state index in [2.05, 4.69) is 0 Å². The van der Waals surface area contributed by atoms with Crippen LogP contribution in [-0.2, 0) is 0 Å². The quantitative estimate of drug-likeness (QED) is 0.862. The first kappa shape index (κ1) is 13.3. The summed E-state index contributed by atoms with van der Waals surface area (Å²) in [7, 11) is 0. The Morgan fingerprint density at radius 1 is 1.28 bits per heavy atom. The van der Waals surface area contributed by atoms with E-state index < -0.39 is 0 Å². The summed E-state index contributed by atoms with van der Waals surface area (Å²) in [5, 5.41) is 2.33. The highest BCUT2D eigenvalue weighted by Gasteiger charge is 2.25. The van der Waals surface area contributed by atoms with Crippen LogP contribution in [0.1, 0.15) is 28.2 Å². The topological polar surface area (TPSA) is 43.1 Å². The van der Waals surface area contributed by atoms with Crippen LogP contribution in [0.5, 0.6) is 0 Å². The molecule has 1 aromatic heterocycles. The molecule has 1 aromatic carbocycles. The maximum absolute atomic E-state index is 12.3. The van der Waals surface area contributed by atoms with Crippen LogP contribution in [0.2, 0.25) is 5.02 Å². The minimum Gasteiger partial charge on any atom is -0.323 e. The maximum atomic E-state index is 12.3. The molecule has 0 radical (unpaired) electrons. The smallest absolute Gasteiger partial charge is 0.178 e. The van der Waals surface area contributed by atoms with E-state index in [1.54, 1.807) is 6.07 Å². The molecule has 0 spiro atoms. The average molecular weight is 280 g/mol. The number of rotatable bonds is 4. The fourth-order valence-electron chi connectivity index (χ4n) is 1.80. The Bertz CT molecular complexity index is 538. The van der Waals surface area contributed by atoms with Gasteiger partial charge in [-0.05, 0) is 17.0 Å². The summed E-state index contributed by atoms with van der Waals surface area (Å²) < 4.78 is 0. The van der Waals surface area contributed by atoms with Gasteiger partial charge in [0.05, 0.1) is 9.90 Å². The minimum absolute atomic E-state index is 0.00588. The van der Waals surface area contributed by atoms with Gasteiger partial charge in [0.15, 0.2) is 5.78 Å². The lowest BCUT2D eigenvalue weighted by Gasteiger charge is -2.18. The summed E-state index contributed by atoms with van der Waals surface area (Å²) >= 11 is 7.34.